The van der Waals surface area contributed by atoms with Gasteiger partial charge in [0.05, 0.1) is 18.0 Å². The SMILES string of the molecule is CCOc1ccc(NC(=O)CNS(=O)(=O)c2ccc(F)cc2C)cc1. The molecule has 0 saturated heterocycles. The minimum absolute atomic E-state index is 0.0669. The monoisotopic (exact) mass is 366 g/mol. The molecule has 0 radical (unpaired) electrons. The van der Waals surface area contributed by atoms with E-state index in [0.29, 0.717) is 18.0 Å². The van der Waals surface area contributed by atoms with E-state index in [-0.39, 0.29) is 10.5 Å². The van der Waals surface area contributed by atoms with Gasteiger partial charge in [-0.1, -0.05) is 0 Å². The van der Waals surface area contributed by atoms with Crippen molar-refractivity contribution in [3.8, 4) is 5.75 Å². The van der Waals surface area contributed by atoms with Crippen LogP contribution in [0.15, 0.2) is 47.4 Å². The zero-order valence-electron chi connectivity index (χ0n) is 13.9. The molecule has 0 heterocycles. The van der Waals surface area contributed by atoms with Gasteiger partial charge in [0.1, 0.15) is 11.6 Å². The van der Waals surface area contributed by atoms with E-state index in [1.807, 2.05) is 6.92 Å². The Bertz CT molecular complexity index is 851. The molecule has 0 bridgehead atoms. The van der Waals surface area contributed by atoms with Gasteiger partial charge in [-0.3, -0.25) is 4.79 Å². The zero-order chi connectivity index (χ0) is 18.4. The van der Waals surface area contributed by atoms with Crippen molar-refractivity contribution in [2.24, 2.45) is 0 Å². The maximum absolute atomic E-state index is 13.1. The Morgan fingerprint density at radius 1 is 1.16 bits per heavy atom. The smallest absolute Gasteiger partial charge is 0.241 e. The van der Waals surface area contributed by atoms with Crippen molar-refractivity contribution in [1.82, 2.24) is 4.72 Å². The van der Waals surface area contributed by atoms with Gasteiger partial charge >= 0.3 is 0 Å². The molecule has 6 nitrogen and oxygen atoms in total. The third-order valence-electron chi connectivity index (χ3n) is 3.30. The number of benzene rings is 2. The van der Waals surface area contributed by atoms with Gasteiger partial charge in [0.2, 0.25) is 15.9 Å². The van der Waals surface area contributed by atoms with Crippen molar-refractivity contribution in [1.29, 1.82) is 0 Å². The molecule has 134 valence electrons. The molecule has 2 aromatic carbocycles. The molecule has 0 aromatic heterocycles. The molecule has 2 N–H and O–H groups in total. The van der Waals surface area contributed by atoms with Gasteiger partial charge in [-0.15, -0.1) is 0 Å². The second-order valence-electron chi connectivity index (χ2n) is 5.24. The topological polar surface area (TPSA) is 84.5 Å². The van der Waals surface area contributed by atoms with E-state index in [0.717, 1.165) is 18.2 Å². The fourth-order valence-corrected chi connectivity index (χ4v) is 3.37. The highest BCUT2D eigenvalue weighted by Crippen LogP contribution is 2.17. The van der Waals surface area contributed by atoms with Crippen molar-refractivity contribution in [3.05, 3.63) is 53.8 Å². The lowest BCUT2D eigenvalue weighted by molar-refractivity contribution is -0.115. The van der Waals surface area contributed by atoms with E-state index in [1.165, 1.54) is 6.92 Å². The van der Waals surface area contributed by atoms with Gasteiger partial charge < -0.3 is 10.1 Å². The highest BCUT2D eigenvalue weighted by atomic mass is 32.2. The molecule has 0 aliphatic heterocycles. The molecule has 2 rings (SSSR count). The highest BCUT2D eigenvalue weighted by molar-refractivity contribution is 7.89. The molecular formula is C17H19FN2O4S. The van der Waals surface area contributed by atoms with E-state index in [9.17, 15) is 17.6 Å². The maximum atomic E-state index is 13.1. The summed E-state index contributed by atoms with van der Waals surface area (Å²) in [6, 6.07) is 10.0. The Balaban J connectivity index is 1.96. The molecular weight excluding hydrogens is 347 g/mol. The van der Waals surface area contributed by atoms with Crippen LogP contribution in [0.1, 0.15) is 12.5 Å². The first-order chi connectivity index (χ1) is 11.8. The average Bonchev–Trinajstić information content (AvgIpc) is 2.55. The standard InChI is InChI=1S/C17H19FN2O4S/c1-3-24-15-7-5-14(6-8-15)20-17(21)11-19-25(22,23)16-9-4-13(18)10-12(16)2/h4-10,19H,3,11H2,1-2H3,(H,20,21). The number of aryl methyl sites for hydroxylation is 1. The molecule has 0 fully saturated rings. The number of hydrogen-bond acceptors (Lipinski definition) is 4. The predicted octanol–water partition coefficient (Wildman–Crippen LogP) is 2.45. The molecule has 1 amide bonds. The summed E-state index contributed by atoms with van der Waals surface area (Å²) in [4.78, 5) is 11.8. The van der Waals surface area contributed by atoms with Crippen molar-refractivity contribution in [2.45, 2.75) is 18.7 Å². The molecule has 0 aliphatic carbocycles. The van der Waals surface area contributed by atoms with Crippen LogP contribution >= 0.6 is 0 Å². The second-order valence-corrected chi connectivity index (χ2v) is 6.98. The first-order valence-corrected chi connectivity index (χ1v) is 9.08. The highest BCUT2D eigenvalue weighted by Gasteiger charge is 2.18. The molecule has 0 saturated carbocycles. The fraction of sp³-hybridized carbons (Fsp3) is 0.235. The Kier molecular flexibility index (Phi) is 6.11. The van der Waals surface area contributed by atoms with Crippen molar-refractivity contribution in [3.63, 3.8) is 0 Å². The van der Waals surface area contributed by atoms with E-state index < -0.39 is 28.3 Å². The minimum Gasteiger partial charge on any atom is -0.494 e. The third kappa shape index (κ3) is 5.27. The number of hydrogen-bond donors (Lipinski definition) is 2. The summed E-state index contributed by atoms with van der Waals surface area (Å²) in [6.45, 7) is 3.45. The average molecular weight is 366 g/mol. The van der Waals surface area contributed by atoms with Gasteiger partial charge in [0.25, 0.3) is 0 Å². The number of halogens is 1. The van der Waals surface area contributed by atoms with E-state index >= 15 is 0 Å². The van der Waals surface area contributed by atoms with Crippen molar-refractivity contribution >= 4 is 21.6 Å². The third-order valence-corrected chi connectivity index (χ3v) is 4.86. The summed E-state index contributed by atoms with van der Waals surface area (Å²) in [7, 11) is -3.91. The number of carbonyl (C=O) groups excluding carboxylic acids is 1. The number of nitrogens with one attached hydrogen (secondary N) is 2. The lowest BCUT2D eigenvalue weighted by Crippen LogP contribution is -2.33. The van der Waals surface area contributed by atoms with Crippen LogP contribution in [0, 0.1) is 12.7 Å². The Morgan fingerprint density at radius 2 is 1.84 bits per heavy atom. The summed E-state index contributed by atoms with van der Waals surface area (Å²) in [6.07, 6.45) is 0. The van der Waals surface area contributed by atoms with Crippen LogP contribution in [0.4, 0.5) is 10.1 Å². The second kappa shape index (κ2) is 8.09. The Hall–Kier alpha value is -2.45. The van der Waals surface area contributed by atoms with Crippen molar-refractivity contribution < 1.29 is 22.3 Å². The van der Waals surface area contributed by atoms with E-state index in [1.54, 1.807) is 24.3 Å². The van der Waals surface area contributed by atoms with Gasteiger partial charge in [0, 0.05) is 5.69 Å². The summed E-state index contributed by atoms with van der Waals surface area (Å²) in [5.74, 6) is -0.370. The Labute approximate surface area is 146 Å². The predicted molar refractivity (Wildman–Crippen MR) is 92.6 cm³/mol. The summed E-state index contributed by atoms with van der Waals surface area (Å²) in [5, 5.41) is 2.58. The molecule has 25 heavy (non-hydrogen) atoms. The molecule has 8 heteroatoms. The maximum Gasteiger partial charge on any atom is 0.241 e. The summed E-state index contributed by atoms with van der Waals surface area (Å²) >= 11 is 0. The summed E-state index contributed by atoms with van der Waals surface area (Å²) in [5.41, 5.74) is 0.782. The number of sulfonamides is 1. The van der Waals surface area contributed by atoms with Gasteiger partial charge in [-0.2, -0.15) is 0 Å². The van der Waals surface area contributed by atoms with Crippen LogP contribution in [-0.4, -0.2) is 27.5 Å². The number of anilines is 1. The number of amides is 1. The van der Waals surface area contributed by atoms with Gasteiger partial charge in [0.15, 0.2) is 0 Å². The summed E-state index contributed by atoms with van der Waals surface area (Å²) < 4.78 is 45.0. The number of carbonyl (C=O) groups is 1. The lowest BCUT2D eigenvalue weighted by Gasteiger charge is -2.10. The van der Waals surface area contributed by atoms with Gasteiger partial charge in [-0.05, 0) is 61.9 Å². The molecule has 0 spiro atoms. The van der Waals surface area contributed by atoms with Crippen LogP contribution in [0.3, 0.4) is 0 Å². The Morgan fingerprint density at radius 3 is 2.44 bits per heavy atom. The van der Waals surface area contributed by atoms with E-state index in [4.69, 9.17) is 4.74 Å². The van der Waals surface area contributed by atoms with Crippen LogP contribution in [0.25, 0.3) is 0 Å². The largest absolute Gasteiger partial charge is 0.494 e. The minimum atomic E-state index is -3.91. The van der Waals surface area contributed by atoms with Crippen LogP contribution < -0.4 is 14.8 Å². The number of ether oxygens (including phenoxy) is 1. The molecule has 0 atom stereocenters. The normalized spacial score (nSPS) is 11.2. The fourth-order valence-electron chi connectivity index (χ4n) is 2.16. The zero-order valence-corrected chi connectivity index (χ0v) is 14.7. The van der Waals surface area contributed by atoms with E-state index in [2.05, 4.69) is 10.0 Å². The first kappa shape index (κ1) is 18.9. The first-order valence-electron chi connectivity index (χ1n) is 7.60. The number of rotatable bonds is 7. The molecule has 0 unspecified atom stereocenters. The van der Waals surface area contributed by atoms with Crippen LogP contribution in [0.2, 0.25) is 0 Å². The van der Waals surface area contributed by atoms with Crippen LogP contribution in [0.5, 0.6) is 5.75 Å². The molecule has 0 aliphatic rings. The molecule has 2 aromatic rings. The quantitative estimate of drug-likeness (QED) is 0.788. The lowest BCUT2D eigenvalue weighted by atomic mass is 10.2. The van der Waals surface area contributed by atoms with Crippen LogP contribution in [-0.2, 0) is 14.8 Å². The van der Waals surface area contributed by atoms with Gasteiger partial charge in [-0.25, -0.2) is 17.5 Å². The van der Waals surface area contributed by atoms with Crippen molar-refractivity contribution in [2.75, 3.05) is 18.5 Å².